The quantitative estimate of drug-likeness (QED) is 0.431. The molecule has 4 aromatic rings. The zero-order valence-corrected chi connectivity index (χ0v) is 18.5. The largest absolute Gasteiger partial charge is 0.419 e. The minimum absolute atomic E-state index is 0.0563. The van der Waals surface area contributed by atoms with E-state index in [4.69, 9.17) is 0 Å². The van der Waals surface area contributed by atoms with Gasteiger partial charge in [0.2, 0.25) is 0 Å². The summed E-state index contributed by atoms with van der Waals surface area (Å²) in [7, 11) is 1.49. The zero-order chi connectivity index (χ0) is 24.6. The van der Waals surface area contributed by atoms with Crippen LogP contribution in [0.3, 0.4) is 0 Å². The van der Waals surface area contributed by atoms with Crippen molar-refractivity contribution < 1.29 is 22.4 Å². The molecule has 176 valence electrons. The van der Waals surface area contributed by atoms with Crippen molar-refractivity contribution in [3.8, 4) is 0 Å². The van der Waals surface area contributed by atoms with E-state index in [2.05, 4.69) is 5.32 Å². The van der Waals surface area contributed by atoms with Crippen molar-refractivity contribution in [2.24, 2.45) is 7.05 Å². The number of fused-ring (bicyclic) bond motifs is 1. The Morgan fingerprint density at radius 3 is 2.41 bits per heavy atom. The first kappa shape index (κ1) is 23.4. The molecular weight excluding hydrogens is 474 g/mol. The molecule has 0 aliphatic rings. The smallest absolute Gasteiger partial charge is 0.347 e. The van der Waals surface area contributed by atoms with Crippen LogP contribution >= 0.6 is 11.3 Å². The number of benzene rings is 2. The molecule has 34 heavy (non-hydrogen) atoms. The minimum Gasteiger partial charge on any atom is -0.347 e. The van der Waals surface area contributed by atoms with Crippen LogP contribution in [0.4, 0.5) is 17.6 Å². The Kier molecular flexibility index (Phi) is 6.13. The molecule has 2 aromatic heterocycles. The van der Waals surface area contributed by atoms with Gasteiger partial charge in [-0.15, -0.1) is 11.3 Å². The Morgan fingerprint density at radius 1 is 1.03 bits per heavy atom. The number of aryl methyl sites for hydroxylation is 1. The Hall–Kier alpha value is -3.73. The van der Waals surface area contributed by atoms with Crippen LogP contribution in [0.15, 0.2) is 64.2 Å². The maximum atomic E-state index is 13.5. The van der Waals surface area contributed by atoms with Gasteiger partial charge in [-0.1, -0.05) is 36.4 Å². The fourth-order valence-corrected chi connectivity index (χ4v) is 4.49. The summed E-state index contributed by atoms with van der Waals surface area (Å²) in [6, 6.07) is 12.8. The van der Waals surface area contributed by atoms with Crippen molar-refractivity contribution in [3.05, 3.63) is 103 Å². The van der Waals surface area contributed by atoms with Gasteiger partial charge in [-0.2, -0.15) is 13.2 Å². The second-order valence-electron chi connectivity index (χ2n) is 7.54. The van der Waals surface area contributed by atoms with Crippen LogP contribution in [-0.4, -0.2) is 15.0 Å². The number of hydrogen-bond donors (Lipinski definition) is 1. The molecule has 1 amide bonds. The third-order valence-corrected chi connectivity index (χ3v) is 6.42. The highest BCUT2D eigenvalue weighted by molar-refractivity contribution is 7.20. The van der Waals surface area contributed by atoms with Gasteiger partial charge >= 0.3 is 11.9 Å². The van der Waals surface area contributed by atoms with Crippen molar-refractivity contribution in [2.75, 3.05) is 0 Å². The van der Waals surface area contributed by atoms with Gasteiger partial charge in [0.25, 0.3) is 11.5 Å². The van der Waals surface area contributed by atoms with Crippen LogP contribution < -0.4 is 16.6 Å². The number of nitrogens with one attached hydrogen (secondary N) is 1. The monoisotopic (exact) mass is 491 g/mol. The molecule has 0 radical (unpaired) electrons. The minimum atomic E-state index is -4.86. The van der Waals surface area contributed by atoms with Crippen molar-refractivity contribution in [1.29, 1.82) is 0 Å². The summed E-state index contributed by atoms with van der Waals surface area (Å²) in [4.78, 5) is 38.7. The fourth-order valence-electron chi connectivity index (χ4n) is 3.47. The normalized spacial score (nSPS) is 11.7. The van der Waals surface area contributed by atoms with Crippen molar-refractivity contribution in [2.45, 2.75) is 19.3 Å². The molecule has 6 nitrogen and oxygen atoms in total. The second kappa shape index (κ2) is 8.90. The Bertz CT molecular complexity index is 1500. The van der Waals surface area contributed by atoms with E-state index in [1.54, 1.807) is 24.3 Å². The van der Waals surface area contributed by atoms with Crippen LogP contribution in [0.1, 0.15) is 26.4 Å². The number of hydrogen-bond acceptors (Lipinski definition) is 4. The molecule has 2 aromatic carbocycles. The van der Waals surface area contributed by atoms with Gasteiger partial charge in [0.1, 0.15) is 10.6 Å². The van der Waals surface area contributed by atoms with E-state index < -0.39 is 34.7 Å². The third-order valence-electron chi connectivity index (χ3n) is 5.21. The van der Waals surface area contributed by atoms with Crippen LogP contribution in [0.2, 0.25) is 0 Å². The number of amides is 1. The SMILES string of the molecule is Cn1c(=O)n(Cc2ccccc2)c(=O)c2cc(C(=O)NCc3ccc(F)c(C(F)(F)F)c3)sc21. The maximum Gasteiger partial charge on any atom is 0.419 e. The molecule has 0 unspecified atom stereocenters. The van der Waals surface area contributed by atoms with Crippen LogP contribution in [0.5, 0.6) is 0 Å². The van der Waals surface area contributed by atoms with Gasteiger partial charge in [-0.3, -0.25) is 18.7 Å². The number of halogens is 4. The number of alkyl halides is 3. The van der Waals surface area contributed by atoms with Crippen molar-refractivity contribution in [3.63, 3.8) is 0 Å². The van der Waals surface area contributed by atoms with Gasteiger partial charge in [-0.05, 0) is 29.3 Å². The average molecular weight is 491 g/mol. The van der Waals surface area contributed by atoms with Gasteiger partial charge in [0.15, 0.2) is 0 Å². The molecule has 0 aliphatic heterocycles. The zero-order valence-electron chi connectivity index (χ0n) is 17.6. The van der Waals surface area contributed by atoms with E-state index >= 15 is 0 Å². The molecule has 0 fully saturated rings. The molecule has 1 N–H and O–H groups in total. The van der Waals surface area contributed by atoms with E-state index in [9.17, 15) is 31.9 Å². The fraction of sp³-hybridized carbons (Fsp3) is 0.174. The highest BCUT2D eigenvalue weighted by atomic mass is 32.1. The molecular formula is C23H17F4N3O3S. The average Bonchev–Trinajstić information content (AvgIpc) is 3.26. The summed E-state index contributed by atoms with van der Waals surface area (Å²) in [5.41, 5.74) is -1.70. The van der Waals surface area contributed by atoms with Crippen molar-refractivity contribution in [1.82, 2.24) is 14.5 Å². The molecule has 0 atom stereocenters. The van der Waals surface area contributed by atoms with E-state index in [1.165, 1.54) is 17.7 Å². The van der Waals surface area contributed by atoms with Crippen LogP contribution in [0.25, 0.3) is 10.2 Å². The van der Waals surface area contributed by atoms with Crippen LogP contribution in [0, 0.1) is 5.82 Å². The number of nitrogens with zero attached hydrogens (tertiary/aromatic N) is 2. The number of thiophene rings is 1. The molecule has 0 saturated heterocycles. The predicted molar refractivity (Wildman–Crippen MR) is 119 cm³/mol. The number of carbonyl (C=O) groups excluding carboxylic acids is 1. The second-order valence-corrected chi connectivity index (χ2v) is 8.57. The Morgan fingerprint density at radius 2 is 1.74 bits per heavy atom. The molecule has 11 heteroatoms. The lowest BCUT2D eigenvalue weighted by molar-refractivity contribution is -0.140. The van der Waals surface area contributed by atoms with E-state index in [1.807, 2.05) is 6.07 Å². The summed E-state index contributed by atoms with van der Waals surface area (Å²) in [5, 5.41) is 2.64. The molecule has 0 bridgehead atoms. The summed E-state index contributed by atoms with van der Waals surface area (Å²) in [5.74, 6) is -2.04. The van der Waals surface area contributed by atoms with E-state index in [0.717, 1.165) is 27.5 Å². The first-order valence-electron chi connectivity index (χ1n) is 9.97. The van der Waals surface area contributed by atoms with Crippen molar-refractivity contribution >= 4 is 27.5 Å². The van der Waals surface area contributed by atoms with Gasteiger partial charge < -0.3 is 5.32 Å². The summed E-state index contributed by atoms with van der Waals surface area (Å²) in [6.07, 6.45) is -4.86. The standard InChI is InChI=1S/C23H17F4N3O3S/c1-29-21-15(20(32)30(22(29)33)12-13-5-3-2-4-6-13)10-18(34-21)19(31)28-11-14-7-8-17(24)16(9-14)23(25,26)27/h2-10H,11-12H2,1H3,(H,28,31). The molecule has 2 heterocycles. The lowest BCUT2D eigenvalue weighted by atomic mass is 10.1. The predicted octanol–water partition coefficient (Wildman–Crippen LogP) is 3.90. The molecule has 0 spiro atoms. The number of rotatable bonds is 5. The summed E-state index contributed by atoms with van der Waals surface area (Å²) < 4.78 is 54.5. The molecule has 4 rings (SSSR count). The van der Waals surface area contributed by atoms with Gasteiger partial charge in [0.05, 0.1) is 22.4 Å². The lowest BCUT2D eigenvalue weighted by Gasteiger charge is -2.10. The molecule has 0 aliphatic carbocycles. The van der Waals surface area contributed by atoms with Gasteiger partial charge in [0, 0.05) is 13.6 Å². The summed E-state index contributed by atoms with van der Waals surface area (Å²) in [6.45, 7) is -0.223. The highest BCUT2D eigenvalue weighted by Gasteiger charge is 2.34. The number of carbonyl (C=O) groups is 1. The highest BCUT2D eigenvalue weighted by Crippen LogP contribution is 2.32. The lowest BCUT2D eigenvalue weighted by Crippen LogP contribution is -2.38. The first-order valence-corrected chi connectivity index (χ1v) is 10.8. The Labute approximate surface area is 193 Å². The topological polar surface area (TPSA) is 73.1 Å². The van der Waals surface area contributed by atoms with E-state index in [-0.39, 0.29) is 28.9 Å². The number of aromatic nitrogens is 2. The molecule has 0 saturated carbocycles. The third kappa shape index (κ3) is 4.51. The summed E-state index contributed by atoms with van der Waals surface area (Å²) >= 11 is 0.918. The maximum absolute atomic E-state index is 13.5. The first-order chi connectivity index (χ1) is 16.1. The Balaban J connectivity index is 1.61. The van der Waals surface area contributed by atoms with E-state index in [0.29, 0.717) is 17.0 Å². The van der Waals surface area contributed by atoms with Gasteiger partial charge in [-0.25, -0.2) is 9.18 Å². The van der Waals surface area contributed by atoms with Crippen LogP contribution in [-0.2, 0) is 26.3 Å².